The van der Waals surface area contributed by atoms with Crippen molar-refractivity contribution in [2.45, 2.75) is 38.6 Å². The Labute approximate surface area is 98.9 Å². The van der Waals surface area contributed by atoms with Crippen molar-refractivity contribution in [2.75, 3.05) is 32.7 Å². The summed E-state index contributed by atoms with van der Waals surface area (Å²) >= 11 is 5.81. The molecule has 0 spiro atoms. The number of piperidine rings is 1. The SMILES string of the molecule is COCCC(C)N1CCCC(CCCl)C1. The van der Waals surface area contributed by atoms with E-state index in [1.54, 1.807) is 7.11 Å². The van der Waals surface area contributed by atoms with Crippen LogP contribution in [-0.4, -0.2) is 43.6 Å². The van der Waals surface area contributed by atoms with Gasteiger partial charge in [0.05, 0.1) is 0 Å². The molecule has 1 heterocycles. The summed E-state index contributed by atoms with van der Waals surface area (Å²) in [5.41, 5.74) is 0. The first-order valence-corrected chi connectivity index (χ1v) is 6.60. The maximum absolute atomic E-state index is 5.81. The molecule has 0 aromatic carbocycles. The standard InChI is InChI=1S/C12H24ClNO/c1-11(6-9-15-2)14-8-3-4-12(10-14)5-7-13/h11-12H,3-10H2,1-2H3. The quantitative estimate of drug-likeness (QED) is 0.655. The average Bonchev–Trinajstić information content (AvgIpc) is 2.27. The number of halogens is 1. The number of hydrogen-bond acceptors (Lipinski definition) is 2. The smallest absolute Gasteiger partial charge is 0.0477 e. The fraction of sp³-hybridized carbons (Fsp3) is 1.00. The summed E-state index contributed by atoms with van der Waals surface area (Å²) in [5.74, 6) is 1.63. The van der Waals surface area contributed by atoms with Crippen LogP contribution in [0.15, 0.2) is 0 Å². The van der Waals surface area contributed by atoms with Crippen molar-refractivity contribution in [1.29, 1.82) is 0 Å². The molecule has 3 heteroatoms. The maximum atomic E-state index is 5.81. The zero-order valence-electron chi connectivity index (χ0n) is 10.0. The molecule has 2 unspecified atom stereocenters. The number of hydrogen-bond donors (Lipinski definition) is 0. The predicted molar refractivity (Wildman–Crippen MR) is 65.6 cm³/mol. The van der Waals surface area contributed by atoms with Crippen molar-refractivity contribution in [3.05, 3.63) is 0 Å². The molecule has 90 valence electrons. The number of nitrogens with zero attached hydrogens (tertiary/aromatic N) is 1. The molecule has 1 rings (SSSR count). The average molecular weight is 234 g/mol. The monoisotopic (exact) mass is 233 g/mol. The van der Waals surface area contributed by atoms with E-state index in [4.69, 9.17) is 16.3 Å². The van der Waals surface area contributed by atoms with Gasteiger partial charge in [0.1, 0.15) is 0 Å². The Morgan fingerprint density at radius 2 is 2.33 bits per heavy atom. The highest BCUT2D eigenvalue weighted by molar-refractivity contribution is 6.17. The van der Waals surface area contributed by atoms with Gasteiger partial charge in [-0.1, -0.05) is 0 Å². The van der Waals surface area contributed by atoms with Gasteiger partial charge in [-0.15, -0.1) is 11.6 Å². The zero-order chi connectivity index (χ0) is 11.1. The van der Waals surface area contributed by atoms with Crippen LogP contribution < -0.4 is 0 Å². The van der Waals surface area contributed by atoms with E-state index in [1.165, 1.54) is 32.4 Å². The van der Waals surface area contributed by atoms with Crippen LogP contribution in [0.2, 0.25) is 0 Å². The highest BCUT2D eigenvalue weighted by Crippen LogP contribution is 2.22. The van der Waals surface area contributed by atoms with Gasteiger partial charge in [0.25, 0.3) is 0 Å². The predicted octanol–water partition coefficient (Wildman–Crippen LogP) is 2.75. The molecule has 0 saturated carbocycles. The molecule has 1 aliphatic heterocycles. The lowest BCUT2D eigenvalue weighted by atomic mass is 9.94. The van der Waals surface area contributed by atoms with Crippen LogP contribution >= 0.6 is 11.6 Å². The summed E-state index contributed by atoms with van der Waals surface area (Å²) in [6.45, 7) is 5.67. The minimum atomic E-state index is 0.656. The fourth-order valence-corrected chi connectivity index (χ4v) is 2.67. The fourth-order valence-electron chi connectivity index (χ4n) is 2.36. The maximum Gasteiger partial charge on any atom is 0.0477 e. The molecule has 0 bridgehead atoms. The van der Waals surface area contributed by atoms with E-state index < -0.39 is 0 Å². The molecule has 1 aliphatic rings. The van der Waals surface area contributed by atoms with Crippen molar-refractivity contribution < 1.29 is 4.74 Å². The second kappa shape index (κ2) is 7.48. The summed E-state index contributed by atoms with van der Waals surface area (Å²) < 4.78 is 5.13. The third-order valence-electron chi connectivity index (χ3n) is 3.43. The van der Waals surface area contributed by atoms with Gasteiger partial charge in [-0.2, -0.15) is 0 Å². The van der Waals surface area contributed by atoms with Crippen LogP contribution in [0.1, 0.15) is 32.6 Å². The summed E-state index contributed by atoms with van der Waals surface area (Å²) in [4.78, 5) is 2.60. The number of likely N-dealkylation sites (tertiary alicyclic amines) is 1. The second-order valence-electron chi connectivity index (χ2n) is 4.61. The Morgan fingerprint density at radius 1 is 1.53 bits per heavy atom. The summed E-state index contributed by atoms with van der Waals surface area (Å²) in [6.07, 6.45) is 5.01. The molecule has 0 aliphatic carbocycles. The molecule has 0 aromatic heterocycles. The lowest BCUT2D eigenvalue weighted by Crippen LogP contribution is -2.41. The van der Waals surface area contributed by atoms with Crippen LogP contribution in [0.5, 0.6) is 0 Å². The molecule has 0 aromatic rings. The first kappa shape index (κ1) is 13.3. The molecule has 0 radical (unpaired) electrons. The number of rotatable bonds is 6. The van der Waals surface area contributed by atoms with Crippen molar-refractivity contribution >= 4 is 11.6 Å². The van der Waals surface area contributed by atoms with E-state index in [9.17, 15) is 0 Å². The largest absolute Gasteiger partial charge is 0.385 e. The molecular formula is C12H24ClNO. The Hall–Kier alpha value is 0.210. The van der Waals surface area contributed by atoms with Gasteiger partial charge in [-0.25, -0.2) is 0 Å². The van der Waals surface area contributed by atoms with Crippen molar-refractivity contribution in [3.8, 4) is 0 Å². The molecule has 0 amide bonds. The molecule has 1 fully saturated rings. The van der Waals surface area contributed by atoms with Crippen molar-refractivity contribution in [3.63, 3.8) is 0 Å². The van der Waals surface area contributed by atoms with Crippen LogP contribution in [0.3, 0.4) is 0 Å². The van der Waals surface area contributed by atoms with Gasteiger partial charge in [-0.05, 0) is 45.1 Å². The lowest BCUT2D eigenvalue weighted by Gasteiger charge is -2.36. The lowest BCUT2D eigenvalue weighted by molar-refractivity contribution is 0.0989. The van der Waals surface area contributed by atoms with Crippen LogP contribution in [0.25, 0.3) is 0 Å². The number of methoxy groups -OCH3 is 1. The normalized spacial score (nSPS) is 25.4. The third-order valence-corrected chi connectivity index (χ3v) is 3.65. The van der Waals surface area contributed by atoms with E-state index in [2.05, 4.69) is 11.8 Å². The van der Waals surface area contributed by atoms with Gasteiger partial charge in [0.2, 0.25) is 0 Å². The van der Waals surface area contributed by atoms with Gasteiger partial charge in [0.15, 0.2) is 0 Å². The highest BCUT2D eigenvalue weighted by atomic mass is 35.5. The van der Waals surface area contributed by atoms with E-state index in [-0.39, 0.29) is 0 Å². The molecule has 15 heavy (non-hydrogen) atoms. The van der Waals surface area contributed by atoms with E-state index in [1.807, 2.05) is 0 Å². The first-order chi connectivity index (χ1) is 7.27. The van der Waals surface area contributed by atoms with E-state index >= 15 is 0 Å². The number of ether oxygens (including phenoxy) is 1. The Kier molecular flexibility index (Phi) is 6.62. The van der Waals surface area contributed by atoms with Crippen LogP contribution in [0, 0.1) is 5.92 Å². The summed E-state index contributed by atoms with van der Waals surface area (Å²) in [7, 11) is 1.78. The molecule has 2 nitrogen and oxygen atoms in total. The first-order valence-electron chi connectivity index (χ1n) is 6.07. The van der Waals surface area contributed by atoms with E-state index in [0.29, 0.717) is 6.04 Å². The molecule has 0 N–H and O–H groups in total. The Balaban J connectivity index is 2.27. The molecule has 1 saturated heterocycles. The third kappa shape index (κ3) is 4.71. The summed E-state index contributed by atoms with van der Waals surface area (Å²) in [5, 5.41) is 0. The van der Waals surface area contributed by atoms with Crippen LogP contribution in [0.4, 0.5) is 0 Å². The van der Waals surface area contributed by atoms with Gasteiger partial charge >= 0.3 is 0 Å². The zero-order valence-corrected chi connectivity index (χ0v) is 10.8. The minimum absolute atomic E-state index is 0.656. The van der Waals surface area contributed by atoms with Crippen LogP contribution in [-0.2, 0) is 4.74 Å². The summed E-state index contributed by atoms with van der Waals surface area (Å²) in [6, 6.07) is 0.656. The highest BCUT2D eigenvalue weighted by Gasteiger charge is 2.22. The minimum Gasteiger partial charge on any atom is -0.385 e. The number of alkyl halides is 1. The second-order valence-corrected chi connectivity index (χ2v) is 4.99. The van der Waals surface area contributed by atoms with Gasteiger partial charge in [0, 0.05) is 32.2 Å². The Bertz CT molecular complexity index is 164. The molecule has 2 atom stereocenters. The van der Waals surface area contributed by atoms with Gasteiger partial charge < -0.3 is 9.64 Å². The molecular weight excluding hydrogens is 210 g/mol. The van der Waals surface area contributed by atoms with Crippen molar-refractivity contribution in [2.24, 2.45) is 5.92 Å². The van der Waals surface area contributed by atoms with Gasteiger partial charge in [-0.3, -0.25) is 0 Å². The Morgan fingerprint density at radius 3 is 3.00 bits per heavy atom. The van der Waals surface area contributed by atoms with E-state index in [0.717, 1.165) is 24.8 Å². The van der Waals surface area contributed by atoms with Crippen molar-refractivity contribution in [1.82, 2.24) is 4.90 Å². The topological polar surface area (TPSA) is 12.5 Å².